The normalized spacial score (nSPS) is 35.8. The first-order chi connectivity index (χ1) is 9.58. The Labute approximate surface area is 130 Å². The zero-order chi connectivity index (χ0) is 14.3. The van der Waals surface area contributed by atoms with Gasteiger partial charge in [0, 0.05) is 24.0 Å². The molecule has 0 aromatic heterocycles. The van der Waals surface area contributed by atoms with Crippen molar-refractivity contribution in [2.24, 2.45) is 22.1 Å². The highest BCUT2D eigenvalue weighted by molar-refractivity contribution is 9.09. The van der Waals surface area contributed by atoms with Crippen molar-refractivity contribution in [3.63, 3.8) is 0 Å². The summed E-state index contributed by atoms with van der Waals surface area (Å²) in [5.74, 6) is 1.98. The minimum atomic E-state index is 0.441. The molecule has 0 unspecified atom stereocenters. The van der Waals surface area contributed by atoms with E-state index >= 15 is 0 Å². The first-order valence-electron chi connectivity index (χ1n) is 7.58. The molecule has 20 heavy (non-hydrogen) atoms. The predicted molar refractivity (Wildman–Crippen MR) is 87.8 cm³/mol. The van der Waals surface area contributed by atoms with Gasteiger partial charge in [-0.2, -0.15) is 0 Å². The fourth-order valence-electron chi connectivity index (χ4n) is 4.11. The van der Waals surface area contributed by atoms with E-state index in [-0.39, 0.29) is 0 Å². The smallest absolute Gasteiger partial charge is 0.109 e. The first kappa shape index (κ1) is 14.3. The van der Waals surface area contributed by atoms with Crippen LogP contribution in [0.3, 0.4) is 0 Å². The second-order valence-electron chi connectivity index (χ2n) is 6.66. The van der Waals surface area contributed by atoms with Gasteiger partial charge in [0.25, 0.3) is 0 Å². The second kappa shape index (κ2) is 5.30. The van der Waals surface area contributed by atoms with Gasteiger partial charge in [-0.1, -0.05) is 22.5 Å². The summed E-state index contributed by atoms with van der Waals surface area (Å²) in [6.45, 7) is 6.94. The molecule has 3 aliphatic rings. The number of hydrogen-bond acceptors (Lipinski definition) is 3. The van der Waals surface area contributed by atoms with Crippen LogP contribution in [0.5, 0.6) is 0 Å². The molecule has 1 aliphatic carbocycles. The molecule has 2 fully saturated rings. The quantitative estimate of drug-likeness (QED) is 0.798. The van der Waals surface area contributed by atoms with E-state index in [2.05, 4.69) is 40.5 Å². The van der Waals surface area contributed by atoms with E-state index in [0.29, 0.717) is 11.5 Å². The van der Waals surface area contributed by atoms with Gasteiger partial charge >= 0.3 is 0 Å². The van der Waals surface area contributed by atoms with Crippen LogP contribution in [0.4, 0.5) is 0 Å². The van der Waals surface area contributed by atoms with Crippen molar-refractivity contribution in [1.82, 2.24) is 4.90 Å². The fraction of sp³-hybridized carbons (Fsp3) is 0.688. The molecule has 1 saturated heterocycles. The minimum Gasteiger partial charge on any atom is -0.333 e. The molecule has 3 atom stereocenters. The Morgan fingerprint density at radius 2 is 2.35 bits per heavy atom. The number of amidine groups is 1. The highest BCUT2D eigenvalue weighted by Crippen LogP contribution is 2.53. The number of nitrogens with two attached hydrogens (primary N) is 1. The predicted octanol–water partition coefficient (Wildman–Crippen LogP) is 3.42. The molecule has 0 aromatic rings. The Balaban J connectivity index is 1.79. The average Bonchev–Trinajstić information content (AvgIpc) is 2.93. The Bertz CT molecular complexity index is 482. The van der Waals surface area contributed by atoms with Crippen molar-refractivity contribution in [1.29, 1.82) is 0 Å². The van der Waals surface area contributed by atoms with Crippen molar-refractivity contribution in [3.8, 4) is 0 Å². The summed E-state index contributed by atoms with van der Waals surface area (Å²) in [5, 5.41) is 1.10. The molecule has 3 rings (SSSR count). The summed E-state index contributed by atoms with van der Waals surface area (Å²) in [7, 11) is 0. The third-order valence-corrected chi connectivity index (χ3v) is 6.42. The summed E-state index contributed by atoms with van der Waals surface area (Å²) in [6.07, 6.45) is 8.33. The van der Waals surface area contributed by atoms with E-state index in [0.717, 1.165) is 36.3 Å². The summed E-state index contributed by atoms with van der Waals surface area (Å²) >= 11 is 3.76. The molecule has 2 heterocycles. The van der Waals surface area contributed by atoms with Gasteiger partial charge in [0.2, 0.25) is 0 Å². The molecule has 0 amide bonds. The van der Waals surface area contributed by atoms with E-state index in [1.807, 2.05) is 0 Å². The van der Waals surface area contributed by atoms with Gasteiger partial charge in [-0.25, -0.2) is 4.99 Å². The number of allylic oxidation sites excluding steroid dienone is 1. The largest absolute Gasteiger partial charge is 0.333 e. The van der Waals surface area contributed by atoms with Crippen LogP contribution in [0.2, 0.25) is 0 Å². The van der Waals surface area contributed by atoms with Gasteiger partial charge in [-0.15, -0.1) is 0 Å². The highest BCUT2D eigenvalue weighted by atomic mass is 79.9. The van der Waals surface area contributed by atoms with Crippen LogP contribution < -0.4 is 5.73 Å². The first-order valence-corrected chi connectivity index (χ1v) is 8.70. The van der Waals surface area contributed by atoms with Crippen LogP contribution >= 0.6 is 15.9 Å². The van der Waals surface area contributed by atoms with Crippen LogP contribution in [0.1, 0.15) is 39.0 Å². The summed E-state index contributed by atoms with van der Waals surface area (Å²) in [6, 6.07) is 0.632. The van der Waals surface area contributed by atoms with Gasteiger partial charge in [-0.05, 0) is 56.1 Å². The van der Waals surface area contributed by atoms with Gasteiger partial charge in [0.15, 0.2) is 0 Å². The van der Waals surface area contributed by atoms with Crippen LogP contribution in [0, 0.1) is 11.3 Å². The number of aliphatic imine (C=N–C) groups is 1. The summed E-state index contributed by atoms with van der Waals surface area (Å²) in [5.41, 5.74) is 8.29. The third kappa shape index (κ3) is 2.27. The maximum Gasteiger partial charge on any atom is 0.109 e. The molecule has 1 saturated carbocycles. The van der Waals surface area contributed by atoms with Crippen molar-refractivity contribution in [3.05, 3.63) is 24.0 Å². The average molecular weight is 338 g/mol. The lowest BCUT2D eigenvalue weighted by atomic mass is 9.82. The van der Waals surface area contributed by atoms with Crippen molar-refractivity contribution in [2.75, 3.05) is 11.9 Å². The number of nitrogens with zero attached hydrogens (tertiary/aromatic N) is 2. The van der Waals surface area contributed by atoms with Gasteiger partial charge in [0.1, 0.15) is 5.84 Å². The monoisotopic (exact) mass is 337 g/mol. The topological polar surface area (TPSA) is 41.6 Å². The van der Waals surface area contributed by atoms with Gasteiger partial charge < -0.3 is 10.6 Å². The zero-order valence-corrected chi connectivity index (χ0v) is 13.8. The Morgan fingerprint density at radius 1 is 1.55 bits per heavy atom. The molecule has 2 N–H and O–H groups in total. The maximum atomic E-state index is 5.71. The van der Waals surface area contributed by atoms with E-state index in [1.165, 1.54) is 30.7 Å². The standard InChI is InChI=1S/C16H24BrN3/c1-11-9-20-14-8-16(10-17,4-3-5-18)7-13(14)6-15(20)19-12(11)2/h9,13-14H,2-8,10,18H2,1H3/t13-,14+,16+/m0/s1. The zero-order valence-electron chi connectivity index (χ0n) is 12.2. The van der Waals surface area contributed by atoms with Gasteiger partial charge in [-0.3, -0.25) is 0 Å². The number of fused-ring (bicyclic) bond motifs is 3. The second-order valence-corrected chi connectivity index (χ2v) is 7.22. The van der Waals surface area contributed by atoms with Crippen LogP contribution in [-0.4, -0.2) is 28.7 Å². The van der Waals surface area contributed by atoms with E-state index in [4.69, 9.17) is 10.7 Å². The Hall–Kier alpha value is -0.610. The maximum absolute atomic E-state index is 5.71. The van der Waals surface area contributed by atoms with Crippen LogP contribution in [0.25, 0.3) is 0 Å². The molecule has 4 heteroatoms. The van der Waals surface area contributed by atoms with E-state index in [1.54, 1.807) is 0 Å². The SMILES string of the molecule is C=C1N=C2C[C@H]3C[C@](CBr)(CCCN)C[C@H]3N2C=C1C. The molecular weight excluding hydrogens is 314 g/mol. The Morgan fingerprint density at radius 3 is 3.05 bits per heavy atom. The fourth-order valence-corrected chi connectivity index (χ4v) is 4.85. The van der Waals surface area contributed by atoms with Gasteiger partial charge in [0.05, 0.1) is 5.70 Å². The van der Waals surface area contributed by atoms with E-state index < -0.39 is 0 Å². The third-order valence-electron chi connectivity index (χ3n) is 5.23. The lowest BCUT2D eigenvalue weighted by Crippen LogP contribution is -2.33. The lowest BCUT2D eigenvalue weighted by Gasteiger charge is -2.31. The molecule has 0 aromatic carbocycles. The molecule has 0 bridgehead atoms. The van der Waals surface area contributed by atoms with Crippen molar-refractivity contribution >= 4 is 21.8 Å². The van der Waals surface area contributed by atoms with Crippen LogP contribution in [-0.2, 0) is 0 Å². The number of hydrogen-bond donors (Lipinski definition) is 1. The number of rotatable bonds is 4. The number of halogens is 1. The molecule has 0 radical (unpaired) electrons. The lowest BCUT2D eigenvalue weighted by molar-refractivity contribution is 0.284. The van der Waals surface area contributed by atoms with Crippen molar-refractivity contribution < 1.29 is 0 Å². The molecule has 3 nitrogen and oxygen atoms in total. The van der Waals surface area contributed by atoms with Crippen LogP contribution in [0.15, 0.2) is 29.0 Å². The molecule has 0 spiro atoms. The minimum absolute atomic E-state index is 0.441. The number of alkyl halides is 1. The van der Waals surface area contributed by atoms with Crippen molar-refractivity contribution in [2.45, 2.75) is 45.1 Å². The summed E-state index contributed by atoms with van der Waals surface area (Å²) < 4.78 is 0. The summed E-state index contributed by atoms with van der Waals surface area (Å²) in [4.78, 5) is 7.12. The highest BCUT2D eigenvalue weighted by Gasteiger charge is 2.51. The molecule has 110 valence electrons. The van der Waals surface area contributed by atoms with E-state index in [9.17, 15) is 0 Å². The Kier molecular flexibility index (Phi) is 3.80. The molecular formula is C16H24BrN3. The molecule has 2 aliphatic heterocycles.